The summed E-state index contributed by atoms with van der Waals surface area (Å²) in [7, 11) is 0. The Morgan fingerprint density at radius 1 is 1.29 bits per heavy atom. The van der Waals surface area contributed by atoms with Gasteiger partial charge in [-0.25, -0.2) is 18.4 Å². The van der Waals surface area contributed by atoms with E-state index in [4.69, 9.17) is 0 Å². The highest BCUT2D eigenvalue weighted by Crippen LogP contribution is 2.38. The molecule has 9 nitrogen and oxygen atoms in total. The van der Waals surface area contributed by atoms with Crippen LogP contribution in [-0.4, -0.2) is 73.7 Å². The summed E-state index contributed by atoms with van der Waals surface area (Å²) in [5.74, 6) is -4.22. The molecule has 1 N–H and O–H groups in total. The number of amides is 1. The first-order chi connectivity index (χ1) is 18.0. The molecule has 3 aromatic rings. The number of alkyl halides is 5. The first kappa shape index (κ1) is 27.6. The number of halogens is 5. The fourth-order valence-electron chi connectivity index (χ4n) is 4.41. The van der Waals surface area contributed by atoms with Crippen molar-refractivity contribution in [3.05, 3.63) is 41.5 Å². The fourth-order valence-corrected chi connectivity index (χ4v) is 5.01. The van der Waals surface area contributed by atoms with Gasteiger partial charge in [0, 0.05) is 42.8 Å². The molecule has 15 heteroatoms. The molecule has 3 aromatic heterocycles. The quantitative estimate of drug-likeness (QED) is 0.292. The third kappa shape index (κ3) is 6.32. The van der Waals surface area contributed by atoms with Gasteiger partial charge in [-0.05, 0) is 31.5 Å². The number of piperidine rings is 1. The van der Waals surface area contributed by atoms with Crippen LogP contribution in [0.15, 0.2) is 36.0 Å². The van der Waals surface area contributed by atoms with Crippen molar-refractivity contribution in [2.45, 2.75) is 43.8 Å². The average Bonchev–Trinajstić information content (AvgIpc) is 3.52. The van der Waals surface area contributed by atoms with Crippen molar-refractivity contribution < 1.29 is 36.6 Å². The summed E-state index contributed by atoms with van der Waals surface area (Å²) in [6.45, 7) is 0.0200. The van der Waals surface area contributed by atoms with Crippen LogP contribution in [0.3, 0.4) is 0 Å². The van der Waals surface area contributed by atoms with Crippen LogP contribution in [0.1, 0.15) is 31.2 Å². The van der Waals surface area contributed by atoms with Gasteiger partial charge in [0.1, 0.15) is 5.69 Å². The first-order valence-corrected chi connectivity index (χ1v) is 12.4. The van der Waals surface area contributed by atoms with E-state index in [1.165, 1.54) is 23.4 Å². The number of carboxylic acids is 1. The number of hydrogen-bond acceptors (Lipinski definition) is 7. The summed E-state index contributed by atoms with van der Waals surface area (Å²) in [5.41, 5.74) is -1.60. The number of carboxylic acid groups (broad SMARTS) is 1. The Balaban J connectivity index is 1.71. The topological polar surface area (TPSA) is 104 Å². The van der Waals surface area contributed by atoms with Crippen LogP contribution in [0.4, 0.5) is 27.8 Å². The largest absolute Gasteiger partial charge is 0.481 e. The zero-order valence-electron chi connectivity index (χ0n) is 19.8. The second-order valence-corrected chi connectivity index (χ2v) is 9.67. The van der Waals surface area contributed by atoms with Crippen LogP contribution >= 0.6 is 11.3 Å². The summed E-state index contributed by atoms with van der Waals surface area (Å²) in [6.07, 6.45) is -2.25. The smallest absolute Gasteiger partial charge is 0.418 e. The lowest BCUT2D eigenvalue weighted by Crippen LogP contribution is -2.45. The number of hydrogen-bond donors (Lipinski definition) is 1. The maximum absolute atomic E-state index is 13.8. The van der Waals surface area contributed by atoms with Crippen molar-refractivity contribution in [2.75, 3.05) is 24.5 Å². The van der Waals surface area contributed by atoms with Crippen LogP contribution < -0.4 is 4.90 Å². The molecular weight excluding hydrogens is 535 g/mol. The van der Waals surface area contributed by atoms with Gasteiger partial charge in [-0.1, -0.05) is 0 Å². The summed E-state index contributed by atoms with van der Waals surface area (Å²) in [4.78, 5) is 34.3. The fraction of sp³-hybridized carbons (Fsp3) is 0.435. The maximum Gasteiger partial charge on any atom is 0.418 e. The van der Waals surface area contributed by atoms with Crippen LogP contribution in [0.2, 0.25) is 0 Å². The minimum atomic E-state index is -4.74. The van der Waals surface area contributed by atoms with Crippen LogP contribution in [0.25, 0.3) is 16.5 Å². The number of aromatic nitrogens is 4. The molecule has 0 spiro atoms. The molecule has 38 heavy (non-hydrogen) atoms. The molecular formula is C23H23F5N6O3S. The van der Waals surface area contributed by atoms with Crippen molar-refractivity contribution in [1.82, 2.24) is 24.6 Å². The molecule has 1 aliphatic rings. The van der Waals surface area contributed by atoms with Crippen LogP contribution in [-0.2, 0) is 15.8 Å². The number of carbonyl (C=O) groups is 2. The number of pyridine rings is 1. The number of likely N-dealkylation sites (tertiary alicyclic amines) is 1. The first-order valence-electron chi connectivity index (χ1n) is 11.6. The van der Waals surface area contributed by atoms with Gasteiger partial charge in [0.05, 0.1) is 24.2 Å². The maximum atomic E-state index is 13.8. The molecule has 1 atom stereocenters. The molecule has 0 radical (unpaired) electrons. The molecule has 1 saturated heterocycles. The van der Waals surface area contributed by atoms with Crippen molar-refractivity contribution in [3.63, 3.8) is 0 Å². The zero-order chi connectivity index (χ0) is 27.5. The van der Waals surface area contributed by atoms with Crippen molar-refractivity contribution in [3.8, 4) is 16.5 Å². The Kier molecular flexibility index (Phi) is 8.06. The normalized spacial score (nSPS) is 16.8. The highest BCUT2D eigenvalue weighted by molar-refractivity contribution is 7.12. The van der Waals surface area contributed by atoms with Gasteiger partial charge >= 0.3 is 12.1 Å². The van der Waals surface area contributed by atoms with E-state index < -0.39 is 48.3 Å². The highest BCUT2D eigenvalue weighted by Gasteiger charge is 2.37. The predicted molar refractivity (Wildman–Crippen MR) is 127 cm³/mol. The molecule has 0 bridgehead atoms. The van der Waals surface area contributed by atoms with Gasteiger partial charge in [0.2, 0.25) is 11.5 Å². The predicted octanol–water partition coefficient (Wildman–Crippen LogP) is 4.34. The molecule has 4 rings (SSSR count). The van der Waals surface area contributed by atoms with E-state index >= 15 is 0 Å². The Morgan fingerprint density at radius 2 is 2.08 bits per heavy atom. The molecule has 0 unspecified atom stereocenters. The molecule has 0 aromatic carbocycles. The van der Waals surface area contributed by atoms with Crippen molar-refractivity contribution >= 4 is 29.5 Å². The van der Waals surface area contributed by atoms with E-state index in [-0.39, 0.29) is 42.5 Å². The molecule has 4 heterocycles. The molecule has 1 aliphatic heterocycles. The van der Waals surface area contributed by atoms with Gasteiger partial charge in [-0.15, -0.1) is 16.4 Å². The third-order valence-electron chi connectivity index (χ3n) is 6.08. The molecule has 0 aliphatic carbocycles. The zero-order valence-corrected chi connectivity index (χ0v) is 20.6. The minimum absolute atomic E-state index is 0.0257. The van der Waals surface area contributed by atoms with E-state index in [1.54, 1.807) is 5.38 Å². The van der Waals surface area contributed by atoms with E-state index in [2.05, 4.69) is 15.1 Å². The standard InChI is InChI=1S/C23H23F5N6O3S/c24-22(25)5-2-8-32(13-22)9-4-15(11-19(36)37)33(14-35)18-12-17(34(31-18)21-30-7-10-38-21)20-16(23(26,27)28)3-1-6-29-20/h1,3,6-7,10,12,14-15H,2,4-5,8-9,11,13H2,(H,36,37)/t15-/m0/s1. The Labute approximate surface area is 217 Å². The van der Waals surface area contributed by atoms with Gasteiger partial charge < -0.3 is 5.11 Å². The number of anilines is 1. The van der Waals surface area contributed by atoms with E-state index in [0.717, 1.165) is 33.1 Å². The number of aliphatic carboxylic acids is 1. The van der Waals surface area contributed by atoms with Gasteiger partial charge in [0.15, 0.2) is 5.82 Å². The van der Waals surface area contributed by atoms with Gasteiger partial charge in [-0.3, -0.25) is 24.4 Å². The molecule has 204 valence electrons. The average molecular weight is 559 g/mol. The number of thiazole rings is 1. The van der Waals surface area contributed by atoms with E-state index in [1.807, 2.05) is 0 Å². The summed E-state index contributed by atoms with van der Waals surface area (Å²) in [6, 6.07) is 2.21. The Morgan fingerprint density at radius 3 is 2.71 bits per heavy atom. The second-order valence-electron chi connectivity index (χ2n) is 8.80. The van der Waals surface area contributed by atoms with Crippen molar-refractivity contribution in [1.29, 1.82) is 0 Å². The second kappa shape index (κ2) is 11.1. The number of carbonyl (C=O) groups excluding carboxylic acids is 1. The lowest BCUT2D eigenvalue weighted by molar-refractivity contribution is -0.138. The highest BCUT2D eigenvalue weighted by atomic mass is 32.1. The monoisotopic (exact) mass is 558 g/mol. The Hall–Kier alpha value is -3.46. The van der Waals surface area contributed by atoms with Gasteiger partial charge in [-0.2, -0.15) is 13.2 Å². The SMILES string of the molecule is O=CN(c1cc(-c2ncccc2C(F)(F)F)n(-c2nccs2)n1)[C@@H](CCN1CCCC(F)(F)C1)CC(=O)O. The van der Waals surface area contributed by atoms with Crippen LogP contribution in [0.5, 0.6) is 0 Å². The summed E-state index contributed by atoms with van der Waals surface area (Å²) in [5, 5.41) is 15.5. The van der Waals surface area contributed by atoms with Crippen LogP contribution in [0, 0.1) is 0 Å². The van der Waals surface area contributed by atoms with E-state index in [0.29, 0.717) is 13.0 Å². The lowest BCUT2D eigenvalue weighted by atomic mass is 10.0. The molecule has 1 fully saturated rings. The minimum Gasteiger partial charge on any atom is -0.481 e. The summed E-state index contributed by atoms with van der Waals surface area (Å²) >= 11 is 1.08. The Bertz CT molecular complexity index is 1270. The number of nitrogens with zero attached hydrogens (tertiary/aromatic N) is 6. The van der Waals surface area contributed by atoms with E-state index in [9.17, 15) is 36.6 Å². The number of rotatable bonds is 10. The molecule has 0 saturated carbocycles. The van der Waals surface area contributed by atoms with Gasteiger partial charge in [0.25, 0.3) is 5.92 Å². The molecule has 1 amide bonds. The third-order valence-corrected chi connectivity index (χ3v) is 6.83. The lowest BCUT2D eigenvalue weighted by Gasteiger charge is -2.34. The van der Waals surface area contributed by atoms with Crippen molar-refractivity contribution in [2.24, 2.45) is 0 Å². The summed E-state index contributed by atoms with van der Waals surface area (Å²) < 4.78 is 70.1.